The van der Waals surface area contributed by atoms with Crippen molar-refractivity contribution in [3.63, 3.8) is 0 Å². The molecule has 2 amide bonds. The summed E-state index contributed by atoms with van der Waals surface area (Å²) < 4.78 is 14.6. The Morgan fingerprint density at radius 3 is 1.40 bits per heavy atom. The molecule has 396 valence electrons. The van der Waals surface area contributed by atoms with E-state index in [2.05, 4.69) is 45.8 Å². The van der Waals surface area contributed by atoms with Gasteiger partial charge >= 0.3 is 12.2 Å². The predicted molar refractivity (Wildman–Crippen MR) is 295 cm³/mol. The van der Waals surface area contributed by atoms with E-state index in [1.54, 1.807) is 6.33 Å². The molecule has 3 aromatic heterocycles. The highest BCUT2D eigenvalue weighted by molar-refractivity contribution is 6.18. The number of aromatic nitrogens is 6. The first-order valence-electron chi connectivity index (χ1n) is 23.6. The third-order valence-electron chi connectivity index (χ3n) is 9.23. The minimum Gasteiger partial charge on any atom is -0.444 e. The number of aromatic amines is 1. The van der Waals surface area contributed by atoms with Crippen LogP contribution in [0.25, 0.3) is 33.1 Å². The van der Waals surface area contributed by atoms with Crippen LogP contribution in [0.1, 0.15) is 110 Å². The smallest absolute Gasteiger partial charge is 0.407 e. The van der Waals surface area contributed by atoms with Crippen molar-refractivity contribution in [2.45, 2.75) is 163 Å². The van der Waals surface area contributed by atoms with Crippen LogP contribution in [-0.4, -0.2) is 106 Å². The molecule has 0 spiro atoms. The molecule has 0 saturated heterocycles. The molecule has 19 heteroatoms. The van der Waals surface area contributed by atoms with E-state index in [1.165, 1.54) is 5.52 Å². The van der Waals surface area contributed by atoms with E-state index in [4.69, 9.17) is 55.0 Å². The number of aliphatic hydroxyl groups is 1. The molecule has 3 heterocycles. The first kappa shape index (κ1) is 65.3. The summed E-state index contributed by atoms with van der Waals surface area (Å²) in [4.78, 5) is 38.6. The number of imidazole rings is 3. The standard InChI is InChI=1S/C16H23N3O2.C11H15N3.C9H18ClNO2.C7H6N2.C4H10ClN.C4H11NO.ClH.H2/c1-12(18-15(20)21-16(2,3)4)9-10-19-11-17-13-7-5-6-8-14(13)19;1-9(12)6-7-14-8-13-10-4-2-3-5-11(10)14;1-7(5-6-10)11-8(12)13-9(2,3)4;1-2-4-7-6(3-1)8-5-9-7;1-4(6)2-3-5;1-4(5)2-3-6;;/h5-8,11-12H,9-10H2,1-4H3,(H,18,20);2-5,8-9H,6-7,12H2,1H3;7H,5-6H2,1-4H3,(H,11,12);1-5H,(H,8,9);4H,2-3,6H2,1H3;4,6H,2-3,5H2,1H3;2*1H. The molecular formula is C51H86Cl3N11O5. The van der Waals surface area contributed by atoms with Crippen LogP contribution in [0.2, 0.25) is 0 Å². The molecule has 0 saturated carbocycles. The molecule has 0 bridgehead atoms. The maximum Gasteiger partial charge on any atom is 0.407 e. The van der Waals surface area contributed by atoms with Crippen LogP contribution in [-0.2, 0) is 22.6 Å². The summed E-state index contributed by atoms with van der Waals surface area (Å²) in [5.41, 5.74) is 21.8. The van der Waals surface area contributed by atoms with Crippen molar-refractivity contribution in [2.24, 2.45) is 17.2 Å². The van der Waals surface area contributed by atoms with Gasteiger partial charge in [0.05, 0.1) is 52.1 Å². The molecule has 5 atom stereocenters. The molecule has 0 fully saturated rings. The van der Waals surface area contributed by atoms with Crippen molar-refractivity contribution in [1.82, 2.24) is 39.7 Å². The number of para-hydroxylation sites is 6. The van der Waals surface area contributed by atoms with Gasteiger partial charge in [0.15, 0.2) is 0 Å². The second-order valence-electron chi connectivity index (χ2n) is 18.8. The van der Waals surface area contributed by atoms with Crippen molar-refractivity contribution < 1.29 is 25.6 Å². The van der Waals surface area contributed by atoms with E-state index < -0.39 is 11.2 Å². The van der Waals surface area contributed by atoms with Gasteiger partial charge in [0.1, 0.15) is 11.2 Å². The van der Waals surface area contributed by atoms with E-state index >= 15 is 0 Å². The van der Waals surface area contributed by atoms with Gasteiger partial charge in [0, 0.05) is 63.1 Å². The molecule has 3 aromatic carbocycles. The van der Waals surface area contributed by atoms with Gasteiger partial charge in [-0.3, -0.25) is 0 Å². The number of alkyl halides is 2. The number of nitrogens with two attached hydrogens (primary N) is 3. The third kappa shape index (κ3) is 30.8. The molecule has 5 unspecified atom stereocenters. The summed E-state index contributed by atoms with van der Waals surface area (Å²) in [5.74, 6) is 1.22. The predicted octanol–water partition coefficient (Wildman–Crippen LogP) is 10.6. The number of carbonyl (C=O) groups excluding carboxylic acids is 2. The summed E-state index contributed by atoms with van der Waals surface area (Å²) in [6.45, 7) is 22.7. The number of nitrogens with one attached hydrogen (secondary N) is 3. The lowest BCUT2D eigenvalue weighted by atomic mass is 10.2. The molecule has 16 nitrogen and oxygen atoms in total. The van der Waals surface area contributed by atoms with Crippen molar-refractivity contribution in [2.75, 3.05) is 18.4 Å². The van der Waals surface area contributed by atoms with E-state index in [-0.39, 0.29) is 62.8 Å². The quantitative estimate of drug-likeness (QED) is 0.0506. The van der Waals surface area contributed by atoms with Crippen LogP contribution in [0.4, 0.5) is 9.59 Å². The minimum absolute atomic E-state index is 0. The normalized spacial score (nSPS) is 12.9. The fourth-order valence-electron chi connectivity index (χ4n) is 5.63. The maximum absolute atomic E-state index is 11.7. The lowest BCUT2D eigenvalue weighted by molar-refractivity contribution is 0.0494. The lowest BCUT2D eigenvalue weighted by Gasteiger charge is -2.22. The van der Waals surface area contributed by atoms with E-state index in [0.29, 0.717) is 18.2 Å². The summed E-state index contributed by atoms with van der Waals surface area (Å²) in [6.07, 6.45) is 8.85. The van der Waals surface area contributed by atoms with Gasteiger partial charge in [-0.05, 0) is 145 Å². The number of amides is 2. The number of nitrogens with zero attached hydrogens (tertiary/aromatic N) is 5. The molecule has 70 heavy (non-hydrogen) atoms. The largest absolute Gasteiger partial charge is 0.444 e. The Morgan fingerprint density at radius 2 is 1.03 bits per heavy atom. The third-order valence-corrected chi connectivity index (χ3v) is 9.66. The molecule has 10 N–H and O–H groups in total. The van der Waals surface area contributed by atoms with E-state index in [1.807, 2.05) is 156 Å². The number of benzene rings is 3. The highest BCUT2D eigenvalue weighted by Gasteiger charge is 2.18. The lowest BCUT2D eigenvalue weighted by Crippen LogP contribution is -2.38. The van der Waals surface area contributed by atoms with Crippen LogP contribution < -0.4 is 27.8 Å². The summed E-state index contributed by atoms with van der Waals surface area (Å²) >= 11 is 10.8. The van der Waals surface area contributed by atoms with Gasteiger partial charge in [-0.1, -0.05) is 36.4 Å². The fraction of sp³-hybridized carbons (Fsp3) is 0.549. The van der Waals surface area contributed by atoms with E-state index in [9.17, 15) is 9.59 Å². The topological polar surface area (TPSA) is 239 Å². The number of hydrogen-bond donors (Lipinski definition) is 7. The monoisotopic (exact) mass is 1040 g/mol. The number of rotatable bonds is 14. The van der Waals surface area contributed by atoms with Gasteiger partial charge in [-0.15, -0.1) is 35.6 Å². The molecule has 0 radical (unpaired) electrons. The zero-order chi connectivity index (χ0) is 52.0. The van der Waals surface area contributed by atoms with Crippen LogP contribution in [0, 0.1) is 0 Å². The number of fused-ring (bicyclic) bond motifs is 3. The number of carbonyl (C=O) groups is 2. The second-order valence-corrected chi connectivity index (χ2v) is 19.6. The van der Waals surface area contributed by atoms with Crippen LogP contribution >= 0.6 is 35.6 Å². The Bertz CT molecular complexity index is 2240. The Hall–Kier alpha value is -4.68. The first-order valence-corrected chi connectivity index (χ1v) is 24.7. The number of aliphatic hydroxyl groups excluding tert-OH is 1. The summed E-state index contributed by atoms with van der Waals surface area (Å²) in [5, 5.41) is 13.7. The summed E-state index contributed by atoms with van der Waals surface area (Å²) in [6, 6.07) is 24.9. The Balaban J connectivity index is 0. The fourth-order valence-corrected chi connectivity index (χ4v) is 6.30. The van der Waals surface area contributed by atoms with Gasteiger partial charge in [-0.25, -0.2) is 24.5 Å². The zero-order valence-corrected chi connectivity index (χ0v) is 45.7. The minimum atomic E-state index is -0.468. The first-order chi connectivity index (χ1) is 32.5. The number of H-pyrrole nitrogens is 1. The average Bonchev–Trinajstić information content (AvgIpc) is 4.01. The number of alkyl carbamates (subject to hydrolysis) is 2. The molecule has 0 aliphatic rings. The van der Waals surface area contributed by atoms with E-state index in [0.717, 1.165) is 66.4 Å². The average molecular weight is 1040 g/mol. The second kappa shape index (κ2) is 35.4. The van der Waals surface area contributed by atoms with Crippen LogP contribution in [0.3, 0.4) is 0 Å². The van der Waals surface area contributed by atoms with Crippen molar-refractivity contribution >= 4 is 80.9 Å². The summed E-state index contributed by atoms with van der Waals surface area (Å²) in [7, 11) is 0. The van der Waals surface area contributed by atoms with Crippen molar-refractivity contribution in [3.8, 4) is 0 Å². The molecular weight excluding hydrogens is 953 g/mol. The van der Waals surface area contributed by atoms with Gasteiger partial charge in [0.2, 0.25) is 0 Å². The number of ether oxygens (including phenoxy) is 2. The van der Waals surface area contributed by atoms with Gasteiger partial charge in [0.25, 0.3) is 0 Å². The SMILES string of the molecule is CC(CCCl)NC(=O)OC(C)(C)C.CC(CCn1cnc2ccccc21)NC(=O)OC(C)(C)C.CC(N)CCCl.CC(N)CCO.CC(N)CCn1cnc2ccccc21.Cl.[HH].c1ccc2[nH]cnc2c1. The highest BCUT2D eigenvalue weighted by Crippen LogP contribution is 2.14. The van der Waals surface area contributed by atoms with Gasteiger partial charge in [-0.2, -0.15) is 0 Å². The molecule has 6 aromatic rings. The Kier molecular flexibility index (Phi) is 33.1. The van der Waals surface area contributed by atoms with Crippen molar-refractivity contribution in [1.29, 1.82) is 0 Å². The Morgan fingerprint density at radius 1 is 0.629 bits per heavy atom. The highest BCUT2D eigenvalue weighted by atomic mass is 35.5. The molecule has 0 aliphatic carbocycles. The van der Waals surface area contributed by atoms with Gasteiger partial charge < -0.3 is 56.5 Å². The maximum atomic E-state index is 11.7. The Labute approximate surface area is 434 Å². The number of hydrogen-bond acceptors (Lipinski definition) is 11. The number of halogens is 3. The molecule has 0 aliphatic heterocycles. The zero-order valence-electron chi connectivity index (χ0n) is 43.3. The number of aryl methyl sites for hydroxylation is 2. The van der Waals surface area contributed by atoms with Crippen molar-refractivity contribution in [3.05, 3.63) is 91.8 Å². The van der Waals surface area contributed by atoms with Crippen LogP contribution in [0.15, 0.2) is 91.8 Å². The molecule has 6 rings (SSSR count). The van der Waals surface area contributed by atoms with Crippen LogP contribution in [0.5, 0.6) is 0 Å².